The maximum absolute atomic E-state index is 11.0. The van der Waals surface area contributed by atoms with Crippen LogP contribution in [0.2, 0.25) is 0 Å². The van der Waals surface area contributed by atoms with Gasteiger partial charge < -0.3 is 14.9 Å². The Balaban J connectivity index is 2.44. The van der Waals surface area contributed by atoms with E-state index >= 15 is 0 Å². The molecule has 0 aliphatic carbocycles. The number of nitrogens with two attached hydrogens (primary N) is 1. The highest BCUT2D eigenvalue weighted by Gasteiger charge is 2.19. The predicted octanol–water partition coefficient (Wildman–Crippen LogP) is 1.96. The number of carbonyl (C=O) groups excluding carboxylic acids is 1. The summed E-state index contributed by atoms with van der Waals surface area (Å²) >= 11 is 1.61. The lowest BCUT2D eigenvalue weighted by Crippen LogP contribution is -2.22. The average Bonchev–Trinajstić information content (AvgIpc) is 2.76. The highest BCUT2D eigenvalue weighted by atomic mass is 32.2. The summed E-state index contributed by atoms with van der Waals surface area (Å²) in [7, 11) is 1.39. The van der Waals surface area contributed by atoms with E-state index in [4.69, 9.17) is 10.2 Å². The van der Waals surface area contributed by atoms with Crippen LogP contribution in [0.5, 0.6) is 0 Å². The fourth-order valence-electron chi connectivity index (χ4n) is 1.32. The van der Waals surface area contributed by atoms with Crippen molar-refractivity contribution in [3.63, 3.8) is 0 Å². The van der Waals surface area contributed by atoms with Crippen LogP contribution in [-0.4, -0.2) is 24.9 Å². The van der Waals surface area contributed by atoms with Crippen molar-refractivity contribution in [2.75, 3.05) is 12.9 Å². The van der Waals surface area contributed by atoms with Crippen LogP contribution in [0.25, 0.3) is 0 Å². The summed E-state index contributed by atoms with van der Waals surface area (Å²) in [5, 5.41) is 0.0830. The van der Waals surface area contributed by atoms with Crippen LogP contribution in [-0.2, 0) is 9.53 Å². The lowest BCUT2D eigenvalue weighted by molar-refractivity contribution is -0.140. The molecule has 16 heavy (non-hydrogen) atoms. The Labute approximate surface area is 99.5 Å². The van der Waals surface area contributed by atoms with Gasteiger partial charge in [-0.05, 0) is 19.1 Å². The molecule has 1 aromatic rings. The second kappa shape index (κ2) is 6.60. The number of furan rings is 1. The molecule has 0 radical (unpaired) electrons. The molecule has 5 heteroatoms. The van der Waals surface area contributed by atoms with Gasteiger partial charge in [-0.3, -0.25) is 4.79 Å². The van der Waals surface area contributed by atoms with E-state index in [2.05, 4.69) is 4.74 Å². The van der Waals surface area contributed by atoms with Gasteiger partial charge in [0, 0.05) is 11.8 Å². The van der Waals surface area contributed by atoms with Crippen LogP contribution < -0.4 is 5.73 Å². The van der Waals surface area contributed by atoms with Gasteiger partial charge in [-0.25, -0.2) is 0 Å². The second-order valence-corrected chi connectivity index (χ2v) is 4.74. The van der Waals surface area contributed by atoms with Gasteiger partial charge in [0.25, 0.3) is 0 Å². The summed E-state index contributed by atoms with van der Waals surface area (Å²) in [4.78, 5) is 11.0. The summed E-state index contributed by atoms with van der Waals surface area (Å²) in [5.74, 6) is 1.33. The molecule has 2 N–H and O–H groups in total. The van der Waals surface area contributed by atoms with E-state index in [-0.39, 0.29) is 17.3 Å². The molecule has 0 saturated carbocycles. The number of ether oxygens (including phenoxy) is 1. The molecule has 1 heterocycles. The summed E-state index contributed by atoms with van der Waals surface area (Å²) in [6.45, 7) is 1.93. The molecule has 1 rings (SSSR count). The summed E-state index contributed by atoms with van der Waals surface area (Å²) in [6, 6.07) is 3.72. The molecule has 1 aromatic heterocycles. The SMILES string of the molecule is COC(=O)CCSC(c1ccco1)C(C)N. The maximum atomic E-state index is 11.0. The molecule has 0 aliphatic rings. The fraction of sp³-hybridized carbons (Fsp3) is 0.545. The lowest BCUT2D eigenvalue weighted by Gasteiger charge is -2.17. The third-order valence-electron chi connectivity index (χ3n) is 2.13. The van der Waals surface area contributed by atoms with Gasteiger partial charge in [-0.15, -0.1) is 11.8 Å². The number of thioether (sulfide) groups is 1. The summed E-state index contributed by atoms with van der Waals surface area (Å²) in [6.07, 6.45) is 2.02. The van der Waals surface area contributed by atoms with Crippen molar-refractivity contribution < 1.29 is 13.9 Å². The highest BCUT2D eigenvalue weighted by Crippen LogP contribution is 2.31. The van der Waals surface area contributed by atoms with E-state index < -0.39 is 0 Å². The quantitative estimate of drug-likeness (QED) is 0.774. The van der Waals surface area contributed by atoms with Crippen molar-refractivity contribution in [2.24, 2.45) is 5.73 Å². The maximum Gasteiger partial charge on any atom is 0.306 e. The largest absolute Gasteiger partial charge is 0.469 e. The minimum atomic E-state index is -0.199. The lowest BCUT2D eigenvalue weighted by atomic mass is 10.2. The van der Waals surface area contributed by atoms with Crippen LogP contribution in [0.15, 0.2) is 22.8 Å². The first kappa shape index (κ1) is 13.1. The van der Waals surface area contributed by atoms with Gasteiger partial charge in [0.1, 0.15) is 5.76 Å². The van der Waals surface area contributed by atoms with Crippen molar-refractivity contribution in [2.45, 2.75) is 24.6 Å². The molecule has 90 valence electrons. The number of hydrogen-bond acceptors (Lipinski definition) is 5. The van der Waals surface area contributed by atoms with Crippen molar-refractivity contribution >= 4 is 17.7 Å². The second-order valence-electron chi connectivity index (χ2n) is 3.49. The van der Waals surface area contributed by atoms with E-state index in [0.717, 1.165) is 5.76 Å². The molecule has 0 aliphatic heterocycles. The van der Waals surface area contributed by atoms with E-state index in [1.54, 1.807) is 18.0 Å². The third kappa shape index (κ3) is 3.90. The molecule has 2 unspecified atom stereocenters. The molecule has 4 nitrogen and oxygen atoms in total. The van der Waals surface area contributed by atoms with Crippen molar-refractivity contribution in [3.05, 3.63) is 24.2 Å². The Morgan fingerprint density at radius 2 is 2.44 bits per heavy atom. The van der Waals surface area contributed by atoms with Gasteiger partial charge in [0.05, 0.1) is 25.0 Å². The van der Waals surface area contributed by atoms with Gasteiger partial charge in [-0.2, -0.15) is 0 Å². The molecule has 0 saturated heterocycles. The fourth-order valence-corrected chi connectivity index (χ4v) is 2.46. The van der Waals surface area contributed by atoms with Crippen LogP contribution in [0.4, 0.5) is 0 Å². The predicted molar refractivity (Wildman–Crippen MR) is 64.2 cm³/mol. The molecule has 0 amide bonds. The smallest absolute Gasteiger partial charge is 0.306 e. The summed E-state index contributed by atoms with van der Waals surface area (Å²) in [5.41, 5.74) is 5.88. The topological polar surface area (TPSA) is 65.5 Å². The Kier molecular flexibility index (Phi) is 5.42. The van der Waals surface area contributed by atoms with Crippen molar-refractivity contribution in [1.29, 1.82) is 0 Å². The third-order valence-corrected chi connectivity index (χ3v) is 3.59. The minimum Gasteiger partial charge on any atom is -0.469 e. The Hall–Kier alpha value is -0.940. The zero-order chi connectivity index (χ0) is 12.0. The molecule has 0 fully saturated rings. The molecular weight excluding hydrogens is 226 g/mol. The average molecular weight is 243 g/mol. The highest BCUT2D eigenvalue weighted by molar-refractivity contribution is 7.99. The van der Waals surface area contributed by atoms with E-state index in [1.165, 1.54) is 7.11 Å². The number of esters is 1. The Morgan fingerprint density at radius 1 is 1.69 bits per heavy atom. The van der Waals surface area contributed by atoms with Crippen LogP contribution in [0.3, 0.4) is 0 Å². The first-order valence-electron chi connectivity index (χ1n) is 5.12. The van der Waals surface area contributed by atoms with Crippen LogP contribution >= 0.6 is 11.8 Å². The zero-order valence-electron chi connectivity index (χ0n) is 9.51. The number of methoxy groups -OCH3 is 1. The van der Waals surface area contributed by atoms with E-state index in [0.29, 0.717) is 12.2 Å². The normalized spacial score (nSPS) is 14.4. The molecule has 0 aromatic carbocycles. The molecule has 2 atom stereocenters. The molecule has 0 bridgehead atoms. The molecule has 0 spiro atoms. The summed E-state index contributed by atoms with van der Waals surface area (Å²) < 4.78 is 9.90. The van der Waals surface area contributed by atoms with Crippen LogP contribution in [0, 0.1) is 0 Å². The first-order chi connectivity index (χ1) is 7.65. The monoisotopic (exact) mass is 243 g/mol. The number of carbonyl (C=O) groups is 1. The van der Waals surface area contributed by atoms with Crippen molar-refractivity contribution in [1.82, 2.24) is 0 Å². The van der Waals surface area contributed by atoms with Gasteiger partial charge in [-0.1, -0.05) is 0 Å². The van der Waals surface area contributed by atoms with Crippen LogP contribution in [0.1, 0.15) is 24.4 Å². The Bertz CT molecular complexity index is 311. The zero-order valence-corrected chi connectivity index (χ0v) is 10.3. The standard InChI is InChI=1S/C11H17NO3S/c1-8(12)11(9-4-3-6-15-9)16-7-5-10(13)14-2/h3-4,6,8,11H,5,7,12H2,1-2H3. The van der Waals surface area contributed by atoms with Crippen molar-refractivity contribution in [3.8, 4) is 0 Å². The number of hydrogen-bond donors (Lipinski definition) is 1. The Morgan fingerprint density at radius 3 is 2.94 bits per heavy atom. The molecular formula is C11H17NO3S. The van der Waals surface area contributed by atoms with E-state index in [9.17, 15) is 4.79 Å². The van der Waals surface area contributed by atoms with E-state index in [1.807, 2.05) is 19.1 Å². The first-order valence-corrected chi connectivity index (χ1v) is 6.17. The minimum absolute atomic E-state index is 0.0196. The van der Waals surface area contributed by atoms with Gasteiger partial charge in [0.2, 0.25) is 0 Å². The van der Waals surface area contributed by atoms with Gasteiger partial charge >= 0.3 is 5.97 Å². The van der Waals surface area contributed by atoms with Gasteiger partial charge in [0.15, 0.2) is 0 Å². The number of rotatable bonds is 6.